The molecule has 0 saturated carbocycles. The normalized spacial score (nSPS) is 10.2. The van der Waals surface area contributed by atoms with Gasteiger partial charge in [0.2, 0.25) is 0 Å². The van der Waals surface area contributed by atoms with E-state index in [1.165, 1.54) is 5.56 Å². The van der Waals surface area contributed by atoms with Crippen LogP contribution in [0.4, 0.5) is 0 Å². The van der Waals surface area contributed by atoms with Crippen LogP contribution in [0.2, 0.25) is 0 Å². The van der Waals surface area contributed by atoms with E-state index in [2.05, 4.69) is 5.32 Å². The van der Waals surface area contributed by atoms with E-state index in [4.69, 9.17) is 4.74 Å². The van der Waals surface area contributed by atoms with Crippen molar-refractivity contribution in [2.45, 2.75) is 20.3 Å². The molecule has 3 nitrogen and oxygen atoms in total. The number of methoxy groups -OCH3 is 1. The van der Waals surface area contributed by atoms with Crippen molar-refractivity contribution in [3.63, 3.8) is 0 Å². The Morgan fingerprint density at radius 3 is 2.67 bits per heavy atom. The molecule has 0 spiro atoms. The fraction of sp³-hybridized carbons (Fsp3) is 0.278. The molecule has 2 rings (SSSR count). The zero-order chi connectivity index (χ0) is 15.2. The highest BCUT2D eigenvalue weighted by Gasteiger charge is 2.08. The number of aryl methyl sites for hydroxylation is 2. The zero-order valence-corrected chi connectivity index (χ0v) is 12.8. The van der Waals surface area contributed by atoms with Crippen LogP contribution in [0.3, 0.4) is 0 Å². The lowest BCUT2D eigenvalue weighted by molar-refractivity contribution is 0.0953. The van der Waals surface area contributed by atoms with Crippen LogP contribution in [0, 0.1) is 13.8 Å². The number of benzene rings is 2. The van der Waals surface area contributed by atoms with E-state index in [1.54, 1.807) is 7.11 Å². The quantitative estimate of drug-likeness (QED) is 0.914. The van der Waals surface area contributed by atoms with Gasteiger partial charge in [0.1, 0.15) is 5.75 Å². The van der Waals surface area contributed by atoms with Crippen molar-refractivity contribution >= 4 is 5.91 Å². The minimum atomic E-state index is -0.0182. The second-order valence-corrected chi connectivity index (χ2v) is 5.18. The summed E-state index contributed by atoms with van der Waals surface area (Å²) < 4.78 is 5.19. The highest BCUT2D eigenvalue weighted by atomic mass is 16.5. The van der Waals surface area contributed by atoms with Crippen LogP contribution in [0.25, 0.3) is 0 Å². The van der Waals surface area contributed by atoms with Gasteiger partial charge in [-0.15, -0.1) is 0 Å². The lowest BCUT2D eigenvalue weighted by Gasteiger charge is -2.09. The van der Waals surface area contributed by atoms with Gasteiger partial charge in [-0.2, -0.15) is 0 Å². The summed E-state index contributed by atoms with van der Waals surface area (Å²) in [6, 6.07) is 13.8. The van der Waals surface area contributed by atoms with Crippen molar-refractivity contribution in [2.24, 2.45) is 0 Å². The molecular weight excluding hydrogens is 262 g/mol. The minimum Gasteiger partial charge on any atom is -0.497 e. The molecule has 0 fully saturated rings. The maximum atomic E-state index is 12.2. The molecule has 2 aromatic rings. The molecule has 0 heterocycles. The number of amides is 1. The van der Waals surface area contributed by atoms with Crippen molar-refractivity contribution in [2.75, 3.05) is 13.7 Å². The van der Waals surface area contributed by atoms with Crippen LogP contribution in [0.1, 0.15) is 27.0 Å². The average Bonchev–Trinajstić information content (AvgIpc) is 2.47. The number of ether oxygens (including phenoxy) is 1. The molecule has 0 radical (unpaired) electrons. The van der Waals surface area contributed by atoms with E-state index >= 15 is 0 Å². The number of carbonyl (C=O) groups excluding carboxylic acids is 1. The molecule has 0 aromatic heterocycles. The Morgan fingerprint density at radius 1 is 1.14 bits per heavy atom. The summed E-state index contributed by atoms with van der Waals surface area (Å²) in [5.74, 6) is 0.823. The largest absolute Gasteiger partial charge is 0.497 e. The summed E-state index contributed by atoms with van der Waals surface area (Å²) in [5, 5.41) is 2.97. The van der Waals surface area contributed by atoms with Gasteiger partial charge in [0, 0.05) is 12.1 Å². The molecule has 0 bridgehead atoms. The summed E-state index contributed by atoms with van der Waals surface area (Å²) in [5.41, 5.74) is 4.07. The zero-order valence-electron chi connectivity index (χ0n) is 12.8. The van der Waals surface area contributed by atoms with Gasteiger partial charge in [-0.3, -0.25) is 4.79 Å². The highest BCUT2D eigenvalue weighted by Crippen LogP contribution is 2.13. The molecule has 3 heteroatoms. The van der Waals surface area contributed by atoms with Gasteiger partial charge >= 0.3 is 0 Å². The number of rotatable bonds is 5. The standard InChI is InChI=1S/C18H21NO2/c1-13-7-8-17(14(2)11-13)18(20)19-10-9-15-5-4-6-16(12-15)21-3/h4-8,11-12H,9-10H2,1-3H3,(H,19,20). The molecule has 0 atom stereocenters. The van der Waals surface area contributed by atoms with Crippen LogP contribution in [-0.4, -0.2) is 19.6 Å². The van der Waals surface area contributed by atoms with Crippen molar-refractivity contribution in [1.29, 1.82) is 0 Å². The fourth-order valence-corrected chi connectivity index (χ4v) is 2.31. The summed E-state index contributed by atoms with van der Waals surface area (Å²) >= 11 is 0. The fourth-order valence-electron chi connectivity index (χ4n) is 2.31. The second-order valence-electron chi connectivity index (χ2n) is 5.18. The van der Waals surface area contributed by atoms with Crippen LogP contribution in [-0.2, 0) is 6.42 Å². The topological polar surface area (TPSA) is 38.3 Å². The number of hydrogen-bond donors (Lipinski definition) is 1. The smallest absolute Gasteiger partial charge is 0.251 e. The first-order chi connectivity index (χ1) is 10.1. The molecule has 0 aliphatic rings. The average molecular weight is 283 g/mol. The van der Waals surface area contributed by atoms with E-state index in [-0.39, 0.29) is 5.91 Å². The number of nitrogens with one attached hydrogen (secondary N) is 1. The summed E-state index contributed by atoms with van der Waals surface area (Å²) in [6.07, 6.45) is 0.786. The second kappa shape index (κ2) is 6.93. The van der Waals surface area contributed by atoms with Crippen LogP contribution in [0.5, 0.6) is 5.75 Å². The molecule has 1 amide bonds. The van der Waals surface area contributed by atoms with Crippen LogP contribution >= 0.6 is 0 Å². The Balaban J connectivity index is 1.92. The van der Waals surface area contributed by atoms with E-state index in [9.17, 15) is 4.79 Å². The Kier molecular flexibility index (Phi) is 4.99. The summed E-state index contributed by atoms with van der Waals surface area (Å²) in [4.78, 5) is 12.2. The van der Waals surface area contributed by atoms with Gasteiger partial charge in [-0.25, -0.2) is 0 Å². The molecule has 1 N–H and O–H groups in total. The molecule has 21 heavy (non-hydrogen) atoms. The third kappa shape index (κ3) is 4.09. The lowest BCUT2D eigenvalue weighted by Crippen LogP contribution is -2.26. The van der Waals surface area contributed by atoms with E-state index in [1.807, 2.05) is 56.3 Å². The third-order valence-electron chi connectivity index (χ3n) is 3.46. The van der Waals surface area contributed by atoms with E-state index < -0.39 is 0 Å². The molecule has 2 aromatic carbocycles. The Labute approximate surface area is 126 Å². The lowest BCUT2D eigenvalue weighted by atomic mass is 10.1. The molecule has 110 valence electrons. The van der Waals surface area contributed by atoms with Gasteiger partial charge in [-0.1, -0.05) is 29.8 Å². The first kappa shape index (κ1) is 15.1. The first-order valence-electron chi connectivity index (χ1n) is 7.08. The predicted octanol–water partition coefficient (Wildman–Crippen LogP) is 3.28. The number of hydrogen-bond acceptors (Lipinski definition) is 2. The molecule has 0 saturated heterocycles. The first-order valence-corrected chi connectivity index (χ1v) is 7.08. The Bertz CT molecular complexity index is 635. The summed E-state index contributed by atoms with van der Waals surface area (Å²) in [7, 11) is 1.65. The van der Waals surface area contributed by atoms with Gasteiger partial charge in [0.05, 0.1) is 7.11 Å². The van der Waals surface area contributed by atoms with Crippen LogP contribution < -0.4 is 10.1 Å². The van der Waals surface area contributed by atoms with Gasteiger partial charge in [-0.05, 0) is 49.6 Å². The number of carbonyl (C=O) groups is 1. The molecule has 0 unspecified atom stereocenters. The monoisotopic (exact) mass is 283 g/mol. The van der Waals surface area contributed by atoms with Gasteiger partial charge in [0.25, 0.3) is 5.91 Å². The molecule has 0 aliphatic carbocycles. The van der Waals surface area contributed by atoms with Crippen molar-refractivity contribution in [3.05, 3.63) is 64.7 Å². The van der Waals surface area contributed by atoms with E-state index in [0.29, 0.717) is 6.54 Å². The van der Waals surface area contributed by atoms with Crippen molar-refractivity contribution in [3.8, 4) is 5.75 Å². The summed E-state index contributed by atoms with van der Waals surface area (Å²) in [6.45, 7) is 4.60. The van der Waals surface area contributed by atoms with Gasteiger partial charge in [0.15, 0.2) is 0 Å². The molecule has 0 aliphatic heterocycles. The highest BCUT2D eigenvalue weighted by molar-refractivity contribution is 5.95. The maximum Gasteiger partial charge on any atom is 0.251 e. The minimum absolute atomic E-state index is 0.0182. The Hall–Kier alpha value is -2.29. The van der Waals surface area contributed by atoms with Crippen LogP contribution in [0.15, 0.2) is 42.5 Å². The maximum absolute atomic E-state index is 12.2. The molecular formula is C18H21NO2. The SMILES string of the molecule is COc1cccc(CCNC(=O)c2ccc(C)cc2C)c1. The van der Waals surface area contributed by atoms with Crippen molar-refractivity contribution in [1.82, 2.24) is 5.32 Å². The third-order valence-corrected chi connectivity index (χ3v) is 3.46. The van der Waals surface area contributed by atoms with Crippen molar-refractivity contribution < 1.29 is 9.53 Å². The van der Waals surface area contributed by atoms with E-state index in [0.717, 1.165) is 28.9 Å². The predicted molar refractivity (Wildman–Crippen MR) is 84.9 cm³/mol. The Morgan fingerprint density at radius 2 is 1.95 bits per heavy atom. The van der Waals surface area contributed by atoms with Gasteiger partial charge < -0.3 is 10.1 Å².